The first-order chi connectivity index (χ1) is 9.26. The smallest absolute Gasteiger partial charge is 0.0569 e. The molecule has 1 aromatic carbocycles. The molecule has 0 radical (unpaired) electrons. The molecule has 4 heteroatoms. The van der Waals surface area contributed by atoms with E-state index >= 15 is 0 Å². The van der Waals surface area contributed by atoms with Crippen LogP contribution >= 0.6 is 27.3 Å². The molecule has 0 aliphatic rings. The lowest BCUT2D eigenvalue weighted by Gasteiger charge is -2.05. The molecule has 2 aromatic heterocycles. The van der Waals surface area contributed by atoms with Crippen molar-refractivity contribution in [1.29, 1.82) is 0 Å². The Hall–Kier alpha value is -1.10. The van der Waals surface area contributed by atoms with Crippen LogP contribution in [-0.4, -0.2) is 11.1 Å². The second kappa shape index (κ2) is 5.49. The normalized spacial score (nSPS) is 11.3. The van der Waals surface area contributed by atoms with Gasteiger partial charge in [-0.15, -0.1) is 11.3 Å². The van der Waals surface area contributed by atoms with Gasteiger partial charge in [0, 0.05) is 26.4 Å². The summed E-state index contributed by atoms with van der Waals surface area (Å²) in [5.74, 6) is 0. The van der Waals surface area contributed by atoms with Crippen molar-refractivity contribution in [3.8, 4) is 0 Å². The predicted octanol–water partition coefficient (Wildman–Crippen LogP) is 4.01. The Morgan fingerprint density at radius 3 is 2.84 bits per heavy atom. The average Bonchev–Trinajstić information content (AvgIpc) is 2.98. The number of hydrogen-bond acceptors (Lipinski definition) is 2. The number of hydrogen-bond donors (Lipinski definition) is 1. The van der Waals surface area contributed by atoms with Crippen LogP contribution in [-0.2, 0) is 13.0 Å². The number of aromatic nitrogens is 1. The standard InChI is InChI=1S/C15H15BrN2S/c16-13-8-14(19-10-13)9-18-6-4-12-2-1-11(3-5-17)7-15(12)18/h1-2,4,6-8,10H,3,5,9,17H2. The van der Waals surface area contributed by atoms with Crippen molar-refractivity contribution in [2.75, 3.05) is 6.54 Å². The summed E-state index contributed by atoms with van der Waals surface area (Å²) in [6.45, 7) is 1.62. The van der Waals surface area contributed by atoms with Crippen LogP contribution in [0.4, 0.5) is 0 Å². The molecule has 0 spiro atoms. The Morgan fingerprint density at radius 1 is 1.21 bits per heavy atom. The van der Waals surface area contributed by atoms with Crippen molar-refractivity contribution < 1.29 is 0 Å². The maximum Gasteiger partial charge on any atom is 0.0569 e. The first kappa shape index (κ1) is 12.9. The first-order valence-electron chi connectivity index (χ1n) is 6.27. The third-order valence-corrected chi connectivity index (χ3v) is 4.90. The summed E-state index contributed by atoms with van der Waals surface area (Å²) in [7, 11) is 0. The molecule has 0 bridgehead atoms. The van der Waals surface area contributed by atoms with Crippen LogP contribution in [0.15, 0.2) is 46.4 Å². The van der Waals surface area contributed by atoms with Gasteiger partial charge in [-0.05, 0) is 58.0 Å². The summed E-state index contributed by atoms with van der Waals surface area (Å²) in [6, 6.07) is 11.0. The van der Waals surface area contributed by atoms with Crippen LogP contribution in [0.25, 0.3) is 10.9 Å². The van der Waals surface area contributed by atoms with Crippen LogP contribution in [0.2, 0.25) is 0 Å². The lowest BCUT2D eigenvalue weighted by Crippen LogP contribution is -2.03. The predicted molar refractivity (Wildman–Crippen MR) is 85.8 cm³/mol. The van der Waals surface area contributed by atoms with Crippen molar-refractivity contribution in [3.63, 3.8) is 0 Å². The summed E-state index contributed by atoms with van der Waals surface area (Å²) in [6.07, 6.45) is 3.09. The molecule has 98 valence electrons. The lowest BCUT2D eigenvalue weighted by atomic mass is 10.1. The molecule has 3 aromatic rings. The zero-order valence-corrected chi connectivity index (χ0v) is 12.9. The molecule has 2 N–H and O–H groups in total. The molecular weight excluding hydrogens is 320 g/mol. The van der Waals surface area contributed by atoms with E-state index in [2.05, 4.69) is 62.4 Å². The Bertz CT molecular complexity index is 699. The summed E-state index contributed by atoms with van der Waals surface area (Å²) < 4.78 is 3.46. The minimum atomic E-state index is 0.698. The minimum Gasteiger partial charge on any atom is -0.342 e. The first-order valence-corrected chi connectivity index (χ1v) is 7.94. The summed E-state index contributed by atoms with van der Waals surface area (Å²) in [4.78, 5) is 1.36. The van der Waals surface area contributed by atoms with E-state index < -0.39 is 0 Å². The van der Waals surface area contributed by atoms with Gasteiger partial charge in [0.1, 0.15) is 0 Å². The Balaban J connectivity index is 1.96. The maximum absolute atomic E-state index is 5.63. The fraction of sp³-hybridized carbons (Fsp3) is 0.200. The van der Waals surface area contributed by atoms with E-state index in [0.717, 1.165) is 17.4 Å². The van der Waals surface area contributed by atoms with E-state index in [9.17, 15) is 0 Å². The van der Waals surface area contributed by atoms with Gasteiger partial charge in [-0.2, -0.15) is 0 Å². The van der Waals surface area contributed by atoms with Crippen molar-refractivity contribution in [1.82, 2.24) is 4.57 Å². The van der Waals surface area contributed by atoms with E-state index in [1.807, 2.05) is 0 Å². The SMILES string of the molecule is NCCc1ccc2ccn(Cc3cc(Br)cs3)c2c1. The Kier molecular flexibility index (Phi) is 3.73. The second-order valence-electron chi connectivity index (χ2n) is 4.61. The van der Waals surface area contributed by atoms with Gasteiger partial charge in [0.15, 0.2) is 0 Å². The fourth-order valence-corrected chi connectivity index (χ4v) is 3.74. The van der Waals surface area contributed by atoms with Crippen LogP contribution in [0, 0.1) is 0 Å². The molecule has 0 amide bonds. The zero-order valence-electron chi connectivity index (χ0n) is 10.5. The lowest BCUT2D eigenvalue weighted by molar-refractivity contribution is 0.849. The molecule has 2 heterocycles. The van der Waals surface area contributed by atoms with E-state index in [1.165, 1.54) is 21.3 Å². The molecule has 0 atom stereocenters. The number of nitrogens with zero attached hydrogens (tertiary/aromatic N) is 1. The molecule has 0 unspecified atom stereocenters. The molecule has 19 heavy (non-hydrogen) atoms. The highest BCUT2D eigenvalue weighted by Gasteiger charge is 2.04. The molecule has 2 nitrogen and oxygen atoms in total. The Morgan fingerprint density at radius 2 is 2.11 bits per heavy atom. The number of nitrogens with two attached hydrogens (primary N) is 1. The van der Waals surface area contributed by atoms with E-state index in [-0.39, 0.29) is 0 Å². The fourth-order valence-electron chi connectivity index (χ4n) is 2.29. The van der Waals surface area contributed by atoms with Crippen LogP contribution in [0.3, 0.4) is 0 Å². The van der Waals surface area contributed by atoms with Gasteiger partial charge >= 0.3 is 0 Å². The molecule has 3 rings (SSSR count). The van der Waals surface area contributed by atoms with Gasteiger partial charge in [-0.25, -0.2) is 0 Å². The quantitative estimate of drug-likeness (QED) is 0.767. The van der Waals surface area contributed by atoms with Crippen molar-refractivity contribution in [2.24, 2.45) is 5.73 Å². The number of benzene rings is 1. The van der Waals surface area contributed by atoms with E-state index in [4.69, 9.17) is 5.73 Å². The van der Waals surface area contributed by atoms with Gasteiger partial charge in [-0.3, -0.25) is 0 Å². The van der Waals surface area contributed by atoms with Crippen molar-refractivity contribution in [3.05, 3.63) is 56.8 Å². The monoisotopic (exact) mass is 334 g/mol. The summed E-state index contributed by atoms with van der Waals surface area (Å²) >= 11 is 5.29. The van der Waals surface area contributed by atoms with Gasteiger partial charge < -0.3 is 10.3 Å². The van der Waals surface area contributed by atoms with Crippen LogP contribution < -0.4 is 5.73 Å². The minimum absolute atomic E-state index is 0.698. The molecule has 0 saturated carbocycles. The third-order valence-electron chi connectivity index (χ3n) is 3.22. The number of thiophene rings is 1. The highest BCUT2D eigenvalue weighted by atomic mass is 79.9. The van der Waals surface area contributed by atoms with E-state index in [0.29, 0.717) is 6.54 Å². The van der Waals surface area contributed by atoms with Gasteiger partial charge in [0.05, 0.1) is 6.54 Å². The number of fused-ring (bicyclic) bond motifs is 1. The zero-order chi connectivity index (χ0) is 13.2. The maximum atomic E-state index is 5.63. The van der Waals surface area contributed by atoms with Crippen LogP contribution in [0.5, 0.6) is 0 Å². The molecule has 0 saturated heterocycles. The van der Waals surface area contributed by atoms with Gasteiger partial charge in [0.25, 0.3) is 0 Å². The number of rotatable bonds is 4. The number of halogens is 1. The average molecular weight is 335 g/mol. The highest BCUT2D eigenvalue weighted by Crippen LogP contribution is 2.24. The Labute approximate surface area is 125 Å². The molecule has 0 aliphatic carbocycles. The van der Waals surface area contributed by atoms with Gasteiger partial charge in [-0.1, -0.05) is 12.1 Å². The van der Waals surface area contributed by atoms with Crippen LogP contribution in [0.1, 0.15) is 10.4 Å². The molecular formula is C15H15BrN2S. The summed E-state index contributed by atoms with van der Waals surface area (Å²) in [5, 5.41) is 3.41. The molecule has 0 fully saturated rings. The van der Waals surface area contributed by atoms with Crippen molar-refractivity contribution >= 4 is 38.2 Å². The molecule has 0 aliphatic heterocycles. The third kappa shape index (κ3) is 2.76. The van der Waals surface area contributed by atoms with Gasteiger partial charge in [0.2, 0.25) is 0 Å². The van der Waals surface area contributed by atoms with Crippen molar-refractivity contribution in [2.45, 2.75) is 13.0 Å². The largest absolute Gasteiger partial charge is 0.342 e. The summed E-state index contributed by atoms with van der Waals surface area (Å²) in [5.41, 5.74) is 8.23. The second-order valence-corrected chi connectivity index (χ2v) is 6.52. The topological polar surface area (TPSA) is 30.9 Å². The van der Waals surface area contributed by atoms with E-state index in [1.54, 1.807) is 11.3 Å². The highest BCUT2D eigenvalue weighted by molar-refractivity contribution is 9.10.